The van der Waals surface area contributed by atoms with Gasteiger partial charge in [-0.15, -0.1) is 0 Å². The van der Waals surface area contributed by atoms with Crippen LogP contribution in [0.5, 0.6) is 5.75 Å². The number of carbonyl (C=O) groups is 4. The number of hydrogen-bond acceptors (Lipinski definition) is 7. The quantitative estimate of drug-likeness (QED) is 0.447. The fraction of sp³-hybridized carbons (Fsp3) is 0.400. The molecule has 2 aliphatic heterocycles. The van der Waals surface area contributed by atoms with Gasteiger partial charge in [-0.25, -0.2) is 4.79 Å². The van der Waals surface area contributed by atoms with Crippen molar-refractivity contribution in [1.29, 1.82) is 0 Å². The van der Waals surface area contributed by atoms with E-state index in [1.807, 2.05) is 0 Å². The highest BCUT2D eigenvalue weighted by molar-refractivity contribution is 8.18. The minimum Gasteiger partial charge on any atom is -0.479 e. The lowest BCUT2D eigenvalue weighted by Crippen LogP contribution is -2.44. The van der Waals surface area contributed by atoms with E-state index >= 15 is 0 Å². The summed E-state index contributed by atoms with van der Waals surface area (Å²) in [4.78, 5) is 51.5. The first-order valence-corrected chi connectivity index (χ1v) is 11.1. The largest absolute Gasteiger partial charge is 0.479 e. The Hall–Kier alpha value is -2.23. The molecule has 31 heavy (non-hydrogen) atoms. The molecule has 0 aliphatic carbocycles. The first kappa shape index (κ1) is 23.4. The van der Waals surface area contributed by atoms with Crippen LogP contribution in [0.2, 0.25) is 10.0 Å². The topological polar surface area (TPSA) is 93.2 Å². The molecule has 0 bridgehead atoms. The molecule has 8 nitrogen and oxygen atoms in total. The highest BCUT2D eigenvalue weighted by Gasteiger charge is 2.37. The average molecular weight is 487 g/mol. The van der Waals surface area contributed by atoms with E-state index < -0.39 is 17.1 Å². The number of amides is 3. The van der Waals surface area contributed by atoms with E-state index in [2.05, 4.69) is 4.74 Å². The van der Waals surface area contributed by atoms with Gasteiger partial charge in [0, 0.05) is 13.1 Å². The van der Waals surface area contributed by atoms with Gasteiger partial charge >= 0.3 is 5.97 Å². The fourth-order valence-corrected chi connectivity index (χ4v) is 4.61. The monoisotopic (exact) mass is 486 g/mol. The molecule has 1 aromatic rings. The van der Waals surface area contributed by atoms with Crippen LogP contribution in [-0.4, -0.2) is 66.2 Å². The third-order valence-electron chi connectivity index (χ3n) is 4.76. The number of nitrogens with zero attached hydrogens (tertiary/aromatic N) is 2. The smallest absolute Gasteiger partial charge is 0.343 e. The summed E-state index contributed by atoms with van der Waals surface area (Å²) in [5.41, 5.74) is 0.466. The highest BCUT2D eigenvalue weighted by atomic mass is 35.5. The molecule has 0 aromatic heterocycles. The maximum Gasteiger partial charge on any atom is 0.343 e. The lowest BCUT2D eigenvalue weighted by molar-refractivity contribution is -0.142. The minimum absolute atomic E-state index is 0.103. The molecule has 2 heterocycles. The van der Waals surface area contributed by atoms with Crippen molar-refractivity contribution < 1.29 is 28.7 Å². The van der Waals surface area contributed by atoms with Crippen LogP contribution in [0.4, 0.5) is 4.79 Å². The Morgan fingerprint density at radius 3 is 2.39 bits per heavy atom. The van der Waals surface area contributed by atoms with Gasteiger partial charge in [-0.05, 0) is 54.8 Å². The molecule has 3 amide bonds. The summed E-state index contributed by atoms with van der Waals surface area (Å²) in [7, 11) is 1.23. The second-order valence-electron chi connectivity index (χ2n) is 6.89. The lowest BCUT2D eigenvalue weighted by Gasteiger charge is -2.27. The predicted octanol–water partition coefficient (Wildman–Crippen LogP) is 3.59. The Morgan fingerprint density at radius 1 is 1.13 bits per heavy atom. The molecule has 0 saturated carbocycles. The van der Waals surface area contributed by atoms with E-state index in [4.69, 9.17) is 27.9 Å². The SMILES string of the molecule is COC(=O)COc1c(Cl)cc(/C=C2\SC(=O)N(CC(=O)N3CCCCC3)C2=O)cc1Cl. The molecule has 1 aromatic carbocycles. The van der Waals surface area contributed by atoms with Crippen molar-refractivity contribution >= 4 is 64.1 Å². The van der Waals surface area contributed by atoms with Crippen LogP contribution in [0, 0.1) is 0 Å². The number of esters is 1. The summed E-state index contributed by atoms with van der Waals surface area (Å²) >= 11 is 13.1. The molecule has 0 atom stereocenters. The van der Waals surface area contributed by atoms with Crippen molar-refractivity contribution in [2.75, 3.05) is 33.4 Å². The molecule has 0 N–H and O–H groups in total. The Morgan fingerprint density at radius 2 is 1.77 bits per heavy atom. The first-order chi connectivity index (χ1) is 14.8. The van der Waals surface area contributed by atoms with Gasteiger partial charge in [0.05, 0.1) is 22.1 Å². The van der Waals surface area contributed by atoms with Gasteiger partial charge in [0.2, 0.25) is 5.91 Å². The van der Waals surface area contributed by atoms with Crippen LogP contribution in [0.25, 0.3) is 6.08 Å². The van der Waals surface area contributed by atoms with E-state index in [0.29, 0.717) is 18.7 Å². The van der Waals surface area contributed by atoms with Crippen LogP contribution >= 0.6 is 35.0 Å². The van der Waals surface area contributed by atoms with Gasteiger partial charge < -0.3 is 14.4 Å². The molecule has 2 fully saturated rings. The summed E-state index contributed by atoms with van der Waals surface area (Å²) < 4.78 is 9.76. The number of methoxy groups -OCH3 is 1. The molecular weight excluding hydrogens is 467 g/mol. The second kappa shape index (κ2) is 10.4. The number of carbonyl (C=O) groups excluding carboxylic acids is 4. The molecule has 0 radical (unpaired) electrons. The molecule has 0 spiro atoms. The third kappa shape index (κ3) is 5.72. The molecule has 2 aliphatic rings. The molecular formula is C20H20Cl2N2O6S. The van der Waals surface area contributed by atoms with Gasteiger partial charge in [-0.2, -0.15) is 0 Å². The van der Waals surface area contributed by atoms with Crippen LogP contribution < -0.4 is 4.74 Å². The lowest BCUT2D eigenvalue weighted by atomic mass is 10.1. The van der Waals surface area contributed by atoms with E-state index in [1.165, 1.54) is 25.3 Å². The van der Waals surface area contributed by atoms with E-state index in [9.17, 15) is 19.2 Å². The maximum absolute atomic E-state index is 12.7. The first-order valence-electron chi connectivity index (χ1n) is 9.52. The number of ether oxygens (including phenoxy) is 2. The van der Waals surface area contributed by atoms with E-state index in [0.717, 1.165) is 35.9 Å². The van der Waals surface area contributed by atoms with Gasteiger partial charge in [0.15, 0.2) is 12.4 Å². The number of rotatable bonds is 6. The van der Waals surface area contributed by atoms with Crippen LogP contribution in [-0.2, 0) is 19.1 Å². The summed E-state index contributed by atoms with van der Waals surface area (Å²) in [5, 5.41) is -0.249. The summed E-state index contributed by atoms with van der Waals surface area (Å²) in [6.07, 6.45) is 4.40. The van der Waals surface area contributed by atoms with Gasteiger partial charge in [0.1, 0.15) is 6.54 Å². The van der Waals surface area contributed by atoms with Crippen LogP contribution in [0.1, 0.15) is 24.8 Å². The number of hydrogen-bond donors (Lipinski definition) is 0. The Kier molecular flexibility index (Phi) is 7.85. The molecule has 166 valence electrons. The van der Waals surface area contributed by atoms with Gasteiger partial charge in [0.25, 0.3) is 11.1 Å². The number of halogens is 2. The molecule has 11 heteroatoms. The summed E-state index contributed by atoms with van der Waals surface area (Å²) in [6, 6.07) is 2.99. The maximum atomic E-state index is 12.7. The van der Waals surface area contributed by atoms with Crippen molar-refractivity contribution in [1.82, 2.24) is 9.80 Å². The normalized spacial score (nSPS) is 18.0. The predicted molar refractivity (Wildman–Crippen MR) is 117 cm³/mol. The van der Waals surface area contributed by atoms with Crippen LogP contribution in [0.3, 0.4) is 0 Å². The molecule has 0 unspecified atom stereocenters. The minimum atomic E-state index is -0.594. The third-order valence-corrected chi connectivity index (χ3v) is 6.23. The van der Waals surface area contributed by atoms with Crippen molar-refractivity contribution in [3.05, 3.63) is 32.6 Å². The van der Waals surface area contributed by atoms with Crippen molar-refractivity contribution in [2.45, 2.75) is 19.3 Å². The van der Waals surface area contributed by atoms with Crippen molar-refractivity contribution in [2.24, 2.45) is 0 Å². The summed E-state index contributed by atoms with van der Waals surface area (Å²) in [6.45, 7) is 0.654. The number of benzene rings is 1. The highest BCUT2D eigenvalue weighted by Crippen LogP contribution is 2.37. The Bertz CT molecular complexity index is 923. The van der Waals surface area contributed by atoms with Crippen LogP contribution in [0.15, 0.2) is 17.0 Å². The molecule has 3 rings (SSSR count). The zero-order valence-electron chi connectivity index (χ0n) is 16.7. The van der Waals surface area contributed by atoms with E-state index in [-0.39, 0.29) is 39.8 Å². The number of thioether (sulfide) groups is 1. The van der Waals surface area contributed by atoms with Crippen molar-refractivity contribution in [3.63, 3.8) is 0 Å². The number of piperidine rings is 1. The summed E-state index contributed by atoms with van der Waals surface area (Å²) in [5.74, 6) is -1.27. The van der Waals surface area contributed by atoms with Crippen molar-refractivity contribution in [3.8, 4) is 5.75 Å². The standard InChI is InChI=1S/C20H20Cl2N2O6S/c1-29-17(26)11-30-18-13(21)7-12(8-14(18)22)9-15-19(27)24(20(28)31-15)10-16(25)23-5-3-2-4-6-23/h7-9H,2-6,10-11H2,1H3/b15-9-. The van der Waals surface area contributed by atoms with Gasteiger partial charge in [-0.3, -0.25) is 19.3 Å². The van der Waals surface area contributed by atoms with Gasteiger partial charge in [-0.1, -0.05) is 23.2 Å². The zero-order valence-corrected chi connectivity index (χ0v) is 19.0. The van der Waals surface area contributed by atoms with E-state index in [1.54, 1.807) is 4.90 Å². The molecule has 2 saturated heterocycles. The second-order valence-corrected chi connectivity index (χ2v) is 8.70. The Labute approximate surface area is 193 Å². The fourth-order valence-electron chi connectivity index (χ4n) is 3.16. The average Bonchev–Trinajstić information content (AvgIpc) is 3.00. The number of likely N-dealkylation sites (tertiary alicyclic amines) is 1. The zero-order chi connectivity index (χ0) is 22.5. The number of imide groups is 1. The Balaban J connectivity index is 1.71.